The van der Waals surface area contributed by atoms with Crippen molar-refractivity contribution in [3.8, 4) is 11.5 Å². The molecular formula is C15H20N2O5. The fourth-order valence-electron chi connectivity index (χ4n) is 2.10. The molecule has 0 atom stereocenters. The first-order valence-electron chi connectivity index (χ1n) is 6.88. The number of benzene rings is 1. The van der Waals surface area contributed by atoms with E-state index in [0.29, 0.717) is 30.3 Å². The predicted octanol–water partition coefficient (Wildman–Crippen LogP) is 1.31. The molecule has 120 valence electrons. The van der Waals surface area contributed by atoms with Crippen LogP contribution in [-0.4, -0.2) is 45.3 Å². The third-order valence-electron chi connectivity index (χ3n) is 3.21. The van der Waals surface area contributed by atoms with Gasteiger partial charge in [-0.25, -0.2) is 5.43 Å². The van der Waals surface area contributed by atoms with Crippen LogP contribution in [0, 0.1) is 0 Å². The van der Waals surface area contributed by atoms with E-state index in [9.17, 15) is 4.79 Å². The molecule has 7 heteroatoms. The molecule has 1 N–H and O–H groups in total. The number of carbonyl (C=O) groups is 1. The topological polar surface area (TPSA) is 78.4 Å². The number of nitrogens with zero attached hydrogens (tertiary/aromatic N) is 1. The molecule has 1 aliphatic heterocycles. The van der Waals surface area contributed by atoms with Gasteiger partial charge in [-0.1, -0.05) is 0 Å². The maximum Gasteiger partial charge on any atom is 0.245 e. The Morgan fingerprint density at radius 1 is 1.36 bits per heavy atom. The Balaban J connectivity index is 1.95. The van der Waals surface area contributed by atoms with Crippen LogP contribution in [0.2, 0.25) is 0 Å². The summed E-state index contributed by atoms with van der Waals surface area (Å²) in [6.07, 6.45) is 1.58. The first kappa shape index (κ1) is 16.3. The van der Waals surface area contributed by atoms with Crippen molar-refractivity contribution in [3.05, 3.63) is 23.8 Å². The second-order valence-electron chi connectivity index (χ2n) is 4.91. The number of hydrogen-bond donors (Lipinski definition) is 1. The molecular weight excluding hydrogens is 288 g/mol. The largest absolute Gasteiger partial charge is 0.497 e. The van der Waals surface area contributed by atoms with Crippen molar-refractivity contribution in [1.82, 2.24) is 5.43 Å². The van der Waals surface area contributed by atoms with Crippen LogP contribution in [0.1, 0.15) is 18.9 Å². The van der Waals surface area contributed by atoms with E-state index in [1.54, 1.807) is 39.3 Å². The van der Waals surface area contributed by atoms with Crippen molar-refractivity contribution in [3.63, 3.8) is 0 Å². The zero-order valence-electron chi connectivity index (χ0n) is 12.9. The molecule has 1 amide bonds. The molecule has 22 heavy (non-hydrogen) atoms. The van der Waals surface area contributed by atoms with Crippen LogP contribution in [0.5, 0.6) is 11.5 Å². The van der Waals surface area contributed by atoms with Crippen molar-refractivity contribution in [2.75, 3.05) is 27.4 Å². The van der Waals surface area contributed by atoms with Gasteiger partial charge in [0.25, 0.3) is 0 Å². The summed E-state index contributed by atoms with van der Waals surface area (Å²) in [6.45, 7) is 2.72. The molecule has 0 spiro atoms. The fourth-order valence-corrected chi connectivity index (χ4v) is 2.10. The second-order valence-corrected chi connectivity index (χ2v) is 4.91. The average Bonchev–Trinajstić information content (AvgIpc) is 2.93. The maximum atomic E-state index is 11.8. The monoisotopic (exact) mass is 308 g/mol. The average molecular weight is 308 g/mol. The number of rotatable bonds is 6. The summed E-state index contributed by atoms with van der Waals surface area (Å²) in [5, 5.41) is 3.93. The molecule has 1 heterocycles. The van der Waals surface area contributed by atoms with Gasteiger partial charge in [0.15, 0.2) is 5.79 Å². The fraction of sp³-hybridized carbons (Fsp3) is 0.467. The quantitative estimate of drug-likeness (QED) is 0.633. The van der Waals surface area contributed by atoms with Gasteiger partial charge in [0.05, 0.1) is 40.1 Å². The van der Waals surface area contributed by atoms with Crippen LogP contribution in [-0.2, 0) is 14.3 Å². The Bertz CT molecular complexity index is 553. The van der Waals surface area contributed by atoms with Crippen molar-refractivity contribution in [2.24, 2.45) is 5.10 Å². The van der Waals surface area contributed by atoms with Crippen LogP contribution >= 0.6 is 0 Å². The van der Waals surface area contributed by atoms with Crippen LogP contribution in [0.15, 0.2) is 23.3 Å². The summed E-state index contributed by atoms with van der Waals surface area (Å²) >= 11 is 0. The predicted molar refractivity (Wildman–Crippen MR) is 80.2 cm³/mol. The van der Waals surface area contributed by atoms with Gasteiger partial charge in [0, 0.05) is 5.56 Å². The maximum absolute atomic E-state index is 11.8. The molecule has 7 nitrogen and oxygen atoms in total. The van der Waals surface area contributed by atoms with Crippen molar-refractivity contribution < 1.29 is 23.7 Å². The minimum atomic E-state index is -0.868. The number of hydrazone groups is 1. The van der Waals surface area contributed by atoms with E-state index in [-0.39, 0.29) is 12.3 Å². The highest BCUT2D eigenvalue weighted by Gasteiger charge is 2.33. The van der Waals surface area contributed by atoms with Gasteiger partial charge in [0.1, 0.15) is 11.5 Å². The highest BCUT2D eigenvalue weighted by atomic mass is 16.7. The van der Waals surface area contributed by atoms with Gasteiger partial charge < -0.3 is 18.9 Å². The van der Waals surface area contributed by atoms with Crippen LogP contribution in [0.3, 0.4) is 0 Å². The number of carbonyl (C=O) groups excluding carboxylic acids is 1. The minimum Gasteiger partial charge on any atom is -0.497 e. The SMILES string of the molecule is COc1ccc(OC)c(/C=N\NC(=O)CC2(C)OCCO2)c1. The summed E-state index contributed by atoms with van der Waals surface area (Å²) in [5.74, 6) is 0.150. The lowest BCUT2D eigenvalue weighted by Gasteiger charge is -2.20. The highest BCUT2D eigenvalue weighted by molar-refractivity contribution is 5.86. The highest BCUT2D eigenvalue weighted by Crippen LogP contribution is 2.23. The van der Waals surface area contributed by atoms with Gasteiger partial charge in [0.2, 0.25) is 5.91 Å². The van der Waals surface area contributed by atoms with E-state index in [0.717, 1.165) is 0 Å². The van der Waals surface area contributed by atoms with E-state index >= 15 is 0 Å². The molecule has 1 fully saturated rings. The normalized spacial score (nSPS) is 16.7. The van der Waals surface area contributed by atoms with E-state index < -0.39 is 5.79 Å². The summed E-state index contributed by atoms with van der Waals surface area (Å²) in [7, 11) is 3.14. The van der Waals surface area contributed by atoms with Gasteiger partial charge >= 0.3 is 0 Å². The van der Waals surface area contributed by atoms with Crippen molar-refractivity contribution in [2.45, 2.75) is 19.1 Å². The summed E-state index contributed by atoms with van der Waals surface area (Å²) in [6, 6.07) is 5.31. The van der Waals surface area contributed by atoms with Crippen molar-refractivity contribution >= 4 is 12.1 Å². The minimum absolute atomic E-state index is 0.0829. The Labute approximate surface area is 129 Å². The van der Waals surface area contributed by atoms with E-state index in [1.807, 2.05) is 0 Å². The molecule has 0 radical (unpaired) electrons. The molecule has 0 aromatic heterocycles. The summed E-state index contributed by atoms with van der Waals surface area (Å²) in [5.41, 5.74) is 3.14. The van der Waals surface area contributed by atoms with Gasteiger partial charge in [-0.05, 0) is 25.1 Å². The Morgan fingerprint density at radius 2 is 2.09 bits per heavy atom. The van der Waals surface area contributed by atoms with E-state index in [2.05, 4.69) is 10.5 Å². The van der Waals surface area contributed by atoms with Gasteiger partial charge in [-0.3, -0.25) is 4.79 Å². The molecule has 1 saturated heterocycles. The molecule has 0 unspecified atom stereocenters. The summed E-state index contributed by atoms with van der Waals surface area (Å²) < 4.78 is 21.1. The number of ether oxygens (including phenoxy) is 4. The molecule has 0 saturated carbocycles. The van der Waals surface area contributed by atoms with Crippen LogP contribution < -0.4 is 14.9 Å². The van der Waals surface area contributed by atoms with Crippen LogP contribution in [0.4, 0.5) is 0 Å². The Morgan fingerprint density at radius 3 is 2.73 bits per heavy atom. The van der Waals surface area contributed by atoms with E-state index in [1.165, 1.54) is 6.21 Å². The first-order chi connectivity index (χ1) is 10.6. The number of hydrogen-bond acceptors (Lipinski definition) is 6. The summed E-state index contributed by atoms with van der Waals surface area (Å²) in [4.78, 5) is 11.8. The lowest BCUT2D eigenvalue weighted by atomic mass is 10.2. The van der Waals surface area contributed by atoms with Gasteiger partial charge in [-0.15, -0.1) is 0 Å². The first-order valence-corrected chi connectivity index (χ1v) is 6.88. The second kappa shape index (κ2) is 7.24. The van der Waals surface area contributed by atoms with Crippen molar-refractivity contribution in [1.29, 1.82) is 0 Å². The third kappa shape index (κ3) is 4.19. The van der Waals surface area contributed by atoms with Crippen LogP contribution in [0.25, 0.3) is 0 Å². The molecule has 2 rings (SSSR count). The Hall–Kier alpha value is -2.12. The molecule has 1 aromatic carbocycles. The smallest absolute Gasteiger partial charge is 0.245 e. The molecule has 0 bridgehead atoms. The molecule has 1 aromatic rings. The number of amides is 1. The number of methoxy groups -OCH3 is 2. The number of nitrogens with one attached hydrogen (secondary N) is 1. The molecule has 1 aliphatic rings. The Kier molecular flexibility index (Phi) is 5.35. The zero-order valence-corrected chi connectivity index (χ0v) is 12.9. The van der Waals surface area contributed by atoms with Gasteiger partial charge in [-0.2, -0.15) is 5.10 Å². The zero-order chi connectivity index (χ0) is 16.0. The standard InChI is InChI=1S/C15H20N2O5/c1-15(21-6-7-22-15)9-14(18)17-16-10-11-8-12(19-2)4-5-13(11)20-3/h4-5,8,10H,6-7,9H2,1-3H3,(H,17,18)/b16-10-. The third-order valence-corrected chi connectivity index (χ3v) is 3.21. The molecule has 0 aliphatic carbocycles. The lowest BCUT2D eigenvalue weighted by molar-refractivity contribution is -0.159. The van der Waals surface area contributed by atoms with E-state index in [4.69, 9.17) is 18.9 Å². The lowest BCUT2D eigenvalue weighted by Crippen LogP contribution is -2.33.